The summed E-state index contributed by atoms with van der Waals surface area (Å²) in [6, 6.07) is 14.8. The highest BCUT2D eigenvalue weighted by Gasteiger charge is 2.41. The van der Waals surface area contributed by atoms with E-state index in [0.29, 0.717) is 35.7 Å². The van der Waals surface area contributed by atoms with Crippen LogP contribution in [0.4, 0.5) is 0 Å². The zero-order valence-electron chi connectivity index (χ0n) is 18.8. The highest BCUT2D eigenvalue weighted by molar-refractivity contribution is 6.35. The highest BCUT2D eigenvalue weighted by atomic mass is 16.5. The number of pyridine rings is 2. The Labute approximate surface area is 193 Å². The minimum absolute atomic E-state index is 0.177. The lowest BCUT2D eigenvalue weighted by atomic mass is 10.0. The van der Waals surface area contributed by atoms with Gasteiger partial charge in [0.1, 0.15) is 11.4 Å². The van der Waals surface area contributed by atoms with Gasteiger partial charge in [-0.05, 0) is 60.4 Å². The molecule has 2 aromatic heterocycles. The average molecular weight is 443 g/mol. The molecule has 2 amide bonds. The molecule has 0 N–H and O–H groups in total. The van der Waals surface area contributed by atoms with E-state index in [1.54, 1.807) is 50.1 Å². The van der Waals surface area contributed by atoms with Crippen molar-refractivity contribution in [1.29, 1.82) is 0 Å². The quantitative estimate of drug-likeness (QED) is 0.473. The summed E-state index contributed by atoms with van der Waals surface area (Å²) in [4.78, 5) is 38.6. The molecule has 168 valence electrons. The molecule has 1 aliphatic heterocycles. The van der Waals surface area contributed by atoms with Gasteiger partial charge in [-0.15, -0.1) is 0 Å². The number of rotatable bonds is 9. The number of aromatic nitrogens is 2. The minimum Gasteiger partial charge on any atom is -0.497 e. The maximum atomic E-state index is 13.6. The van der Waals surface area contributed by atoms with E-state index in [-0.39, 0.29) is 18.4 Å². The van der Waals surface area contributed by atoms with Crippen molar-refractivity contribution in [3.8, 4) is 5.75 Å². The van der Waals surface area contributed by atoms with Crippen molar-refractivity contribution in [2.24, 2.45) is 0 Å². The summed E-state index contributed by atoms with van der Waals surface area (Å²) >= 11 is 0. The number of carbonyl (C=O) groups is 2. The molecular formula is C26H26N4O3. The summed E-state index contributed by atoms with van der Waals surface area (Å²) in [6.45, 7) is 3.37. The minimum atomic E-state index is -0.300. The summed E-state index contributed by atoms with van der Waals surface area (Å²) in [5.41, 5.74) is 3.47. The smallest absolute Gasteiger partial charge is 0.278 e. The lowest BCUT2D eigenvalue weighted by Crippen LogP contribution is -2.35. The van der Waals surface area contributed by atoms with Crippen LogP contribution in [0.3, 0.4) is 0 Å². The Morgan fingerprint density at radius 1 is 0.909 bits per heavy atom. The second kappa shape index (κ2) is 10.1. The van der Waals surface area contributed by atoms with Gasteiger partial charge in [0.05, 0.1) is 19.2 Å². The third-order valence-corrected chi connectivity index (χ3v) is 5.70. The van der Waals surface area contributed by atoms with Gasteiger partial charge in [0.15, 0.2) is 0 Å². The van der Waals surface area contributed by atoms with Gasteiger partial charge in [0, 0.05) is 37.9 Å². The number of hydrogen-bond acceptors (Lipinski definition) is 6. The van der Waals surface area contributed by atoms with Crippen LogP contribution < -0.4 is 4.74 Å². The number of imide groups is 1. The summed E-state index contributed by atoms with van der Waals surface area (Å²) in [6.07, 6.45) is 7.59. The number of methoxy groups -OCH3 is 1. The van der Waals surface area contributed by atoms with Crippen LogP contribution in [0.5, 0.6) is 5.75 Å². The Balaban J connectivity index is 1.70. The van der Waals surface area contributed by atoms with Gasteiger partial charge in [0.2, 0.25) is 0 Å². The number of benzene rings is 1. The van der Waals surface area contributed by atoms with E-state index in [1.807, 2.05) is 42.2 Å². The zero-order valence-corrected chi connectivity index (χ0v) is 18.8. The molecular weight excluding hydrogens is 416 g/mol. The van der Waals surface area contributed by atoms with Gasteiger partial charge in [-0.2, -0.15) is 0 Å². The molecule has 1 aromatic carbocycles. The molecule has 0 saturated carbocycles. The van der Waals surface area contributed by atoms with Crippen molar-refractivity contribution in [2.45, 2.75) is 19.9 Å². The summed E-state index contributed by atoms with van der Waals surface area (Å²) < 4.78 is 5.26. The second-order valence-electron chi connectivity index (χ2n) is 7.69. The van der Waals surface area contributed by atoms with Crippen molar-refractivity contribution >= 4 is 17.4 Å². The van der Waals surface area contributed by atoms with Crippen LogP contribution in [0.2, 0.25) is 0 Å². The fourth-order valence-corrected chi connectivity index (χ4v) is 3.93. The van der Waals surface area contributed by atoms with Gasteiger partial charge >= 0.3 is 0 Å². The number of hydrogen-bond donors (Lipinski definition) is 0. The molecule has 33 heavy (non-hydrogen) atoms. The Morgan fingerprint density at radius 3 is 2.30 bits per heavy atom. The predicted octanol–water partition coefficient (Wildman–Crippen LogP) is 3.33. The largest absolute Gasteiger partial charge is 0.497 e. The first-order valence-electron chi connectivity index (χ1n) is 10.9. The first-order chi connectivity index (χ1) is 16.1. The molecule has 0 saturated heterocycles. The van der Waals surface area contributed by atoms with Gasteiger partial charge in [-0.25, -0.2) is 0 Å². The molecule has 0 radical (unpaired) electrons. The van der Waals surface area contributed by atoms with Crippen LogP contribution in [-0.4, -0.2) is 51.8 Å². The molecule has 0 aliphatic carbocycles. The zero-order chi connectivity index (χ0) is 23.2. The van der Waals surface area contributed by atoms with Gasteiger partial charge < -0.3 is 9.64 Å². The van der Waals surface area contributed by atoms with Gasteiger partial charge in [0.25, 0.3) is 11.8 Å². The van der Waals surface area contributed by atoms with Crippen molar-refractivity contribution in [3.63, 3.8) is 0 Å². The predicted molar refractivity (Wildman–Crippen MR) is 125 cm³/mol. The molecule has 0 spiro atoms. The number of likely N-dealkylation sites (N-methyl/N-ethyl adjacent to an activating group) is 1. The normalized spacial score (nSPS) is 13.6. The molecule has 1 aliphatic rings. The lowest BCUT2D eigenvalue weighted by Gasteiger charge is -2.25. The first-order valence-corrected chi connectivity index (χ1v) is 10.9. The average Bonchev–Trinajstić information content (AvgIpc) is 3.11. The molecule has 0 bridgehead atoms. The van der Waals surface area contributed by atoms with Crippen LogP contribution in [0, 0.1) is 0 Å². The second-order valence-corrected chi connectivity index (χ2v) is 7.69. The molecule has 0 fully saturated rings. The fraction of sp³-hybridized carbons (Fsp3) is 0.231. The third-order valence-electron chi connectivity index (χ3n) is 5.70. The van der Waals surface area contributed by atoms with E-state index in [9.17, 15) is 9.59 Å². The van der Waals surface area contributed by atoms with Crippen LogP contribution in [0.25, 0.3) is 5.57 Å². The van der Waals surface area contributed by atoms with Crippen LogP contribution in [-0.2, 0) is 22.6 Å². The van der Waals surface area contributed by atoms with Crippen LogP contribution in [0.1, 0.15) is 23.6 Å². The third kappa shape index (κ3) is 4.77. The molecule has 0 atom stereocenters. The molecule has 7 nitrogen and oxygen atoms in total. The van der Waals surface area contributed by atoms with Crippen LogP contribution in [0.15, 0.2) is 79.0 Å². The summed E-state index contributed by atoms with van der Waals surface area (Å²) in [7, 11) is 1.59. The molecule has 3 aromatic rings. The summed E-state index contributed by atoms with van der Waals surface area (Å²) in [5.74, 6) is 0.104. The van der Waals surface area contributed by atoms with E-state index in [1.165, 1.54) is 4.90 Å². The molecule has 0 unspecified atom stereocenters. The van der Waals surface area contributed by atoms with Crippen molar-refractivity contribution in [2.75, 3.05) is 20.2 Å². The van der Waals surface area contributed by atoms with Crippen molar-refractivity contribution in [1.82, 2.24) is 19.8 Å². The van der Waals surface area contributed by atoms with E-state index in [0.717, 1.165) is 17.5 Å². The van der Waals surface area contributed by atoms with E-state index >= 15 is 0 Å². The SMILES string of the molecule is CCN(CCc1ccncc1)C1=C(c2ccc(OC)cc2)C(=O)N(Cc2cccnc2)C1=O. The van der Waals surface area contributed by atoms with Gasteiger partial charge in [-0.1, -0.05) is 18.2 Å². The van der Waals surface area contributed by atoms with Crippen molar-refractivity contribution in [3.05, 3.63) is 95.7 Å². The highest BCUT2D eigenvalue weighted by Crippen LogP contribution is 2.33. The van der Waals surface area contributed by atoms with E-state index in [4.69, 9.17) is 4.74 Å². The van der Waals surface area contributed by atoms with Gasteiger partial charge in [-0.3, -0.25) is 24.5 Å². The maximum Gasteiger partial charge on any atom is 0.278 e. The van der Waals surface area contributed by atoms with E-state index < -0.39 is 0 Å². The Morgan fingerprint density at radius 2 is 1.67 bits per heavy atom. The Kier molecular flexibility index (Phi) is 6.78. The number of ether oxygens (including phenoxy) is 1. The lowest BCUT2D eigenvalue weighted by molar-refractivity contribution is -0.138. The molecule has 7 heteroatoms. The van der Waals surface area contributed by atoms with Crippen molar-refractivity contribution < 1.29 is 14.3 Å². The Hall–Kier alpha value is -4.00. The standard InChI is InChI=1S/C26H26N4O3/c1-3-29(16-12-19-10-14-27-15-11-19)24-23(21-6-8-22(33-2)9-7-21)25(31)30(26(24)32)18-20-5-4-13-28-17-20/h4-11,13-15,17H,3,12,16,18H2,1-2H3. The first kappa shape index (κ1) is 22.2. The monoisotopic (exact) mass is 442 g/mol. The number of amides is 2. The Bertz CT molecular complexity index is 1150. The van der Waals surface area contributed by atoms with E-state index in [2.05, 4.69) is 9.97 Å². The molecule has 4 rings (SSSR count). The summed E-state index contributed by atoms with van der Waals surface area (Å²) in [5, 5.41) is 0. The fourth-order valence-electron chi connectivity index (χ4n) is 3.93. The van der Waals surface area contributed by atoms with Crippen LogP contribution >= 0.6 is 0 Å². The number of nitrogens with zero attached hydrogens (tertiary/aromatic N) is 4. The topological polar surface area (TPSA) is 75.6 Å². The molecule has 3 heterocycles. The maximum absolute atomic E-state index is 13.6. The number of carbonyl (C=O) groups excluding carboxylic acids is 2.